The average molecular weight is 386 g/mol. The number of carbonyl (C=O) groups excluding carboxylic acids is 2. The molecule has 0 radical (unpaired) electrons. The Balaban J connectivity index is 1.57. The van der Waals surface area contributed by atoms with Crippen LogP contribution in [-0.4, -0.2) is 32.6 Å². The highest BCUT2D eigenvalue weighted by atomic mass is 32.2. The van der Waals surface area contributed by atoms with Crippen molar-refractivity contribution in [1.29, 1.82) is 0 Å². The van der Waals surface area contributed by atoms with Crippen LogP contribution in [0.1, 0.15) is 18.9 Å². The minimum absolute atomic E-state index is 0.0981. The van der Waals surface area contributed by atoms with E-state index in [0.29, 0.717) is 16.9 Å². The van der Waals surface area contributed by atoms with Crippen LogP contribution in [0.3, 0.4) is 0 Å². The van der Waals surface area contributed by atoms with E-state index in [1.54, 1.807) is 42.5 Å². The molecule has 1 aliphatic rings. The third-order valence-corrected chi connectivity index (χ3v) is 5.16. The summed E-state index contributed by atoms with van der Waals surface area (Å²) in [5, 5.41) is 5.36. The molecule has 1 aliphatic heterocycles. The molecule has 3 rings (SSSR count). The topological polar surface area (TPSA) is 117 Å². The Kier molecular flexibility index (Phi) is 5.22. The second kappa shape index (κ2) is 7.58. The highest BCUT2D eigenvalue weighted by molar-refractivity contribution is 7.90. The van der Waals surface area contributed by atoms with Crippen molar-refractivity contribution in [2.75, 3.05) is 17.2 Å². The number of benzene rings is 2. The van der Waals surface area contributed by atoms with Crippen LogP contribution >= 0.6 is 0 Å². The number of aliphatic imine (C=N–C) groups is 1. The lowest BCUT2D eigenvalue weighted by Gasteiger charge is -2.06. The zero-order valence-corrected chi connectivity index (χ0v) is 15.3. The predicted octanol–water partition coefficient (Wildman–Crippen LogP) is 1.71. The molecule has 0 saturated heterocycles. The van der Waals surface area contributed by atoms with Crippen molar-refractivity contribution in [3.63, 3.8) is 0 Å². The Hall–Kier alpha value is -3.20. The minimum Gasteiger partial charge on any atom is -0.326 e. The normalized spacial score (nSPS) is 15.7. The summed E-state index contributed by atoms with van der Waals surface area (Å²) in [7, 11) is -3.58. The van der Waals surface area contributed by atoms with Crippen molar-refractivity contribution in [2.24, 2.45) is 4.99 Å². The number of nitrogens with zero attached hydrogens (tertiary/aromatic N) is 1. The number of hydrogen-bond acceptors (Lipinski definition) is 5. The van der Waals surface area contributed by atoms with E-state index in [2.05, 4.69) is 20.3 Å². The molecule has 9 heteroatoms. The molecule has 0 unspecified atom stereocenters. The maximum Gasteiger partial charge on any atom is 0.263 e. The summed E-state index contributed by atoms with van der Waals surface area (Å²) < 4.78 is 26.4. The average Bonchev–Trinajstić information content (AvgIpc) is 2.87. The zero-order chi connectivity index (χ0) is 19.4. The van der Waals surface area contributed by atoms with Gasteiger partial charge in [0.15, 0.2) is 0 Å². The van der Waals surface area contributed by atoms with Crippen LogP contribution in [-0.2, 0) is 19.6 Å². The summed E-state index contributed by atoms with van der Waals surface area (Å²) in [6, 6.07) is 13.3. The molecule has 1 heterocycles. The van der Waals surface area contributed by atoms with Crippen molar-refractivity contribution >= 4 is 39.0 Å². The first-order chi connectivity index (χ1) is 12.8. The Morgan fingerprint density at radius 1 is 1.00 bits per heavy atom. The Labute approximate surface area is 156 Å². The molecule has 27 heavy (non-hydrogen) atoms. The number of rotatable bonds is 5. The van der Waals surface area contributed by atoms with Crippen LogP contribution in [0.5, 0.6) is 0 Å². The third-order valence-electron chi connectivity index (χ3n) is 3.76. The zero-order valence-electron chi connectivity index (χ0n) is 14.5. The molecule has 8 nitrogen and oxygen atoms in total. The molecule has 0 aromatic heterocycles. The van der Waals surface area contributed by atoms with Gasteiger partial charge < -0.3 is 10.6 Å². The fraction of sp³-hybridized carbons (Fsp3) is 0.167. The number of fused-ring (bicyclic) bond motifs is 1. The maximum absolute atomic E-state index is 12.0. The highest BCUT2D eigenvalue weighted by Crippen LogP contribution is 2.22. The smallest absolute Gasteiger partial charge is 0.263 e. The number of carbonyl (C=O) groups is 2. The summed E-state index contributed by atoms with van der Waals surface area (Å²) in [6.07, 6.45) is 0.0981. The standard InChI is InChI=1S/C18H18N4O4S/c1-12(23)20-13-6-8-14(9-7-13)21-17(24)10-11-19-18-15-4-2-3-5-16(15)27(25,26)22-18/h2-9H,10-11H2,1H3,(H,19,22)(H,20,23)(H,21,24). The molecule has 0 saturated carbocycles. The predicted molar refractivity (Wildman–Crippen MR) is 102 cm³/mol. The summed E-state index contributed by atoms with van der Waals surface area (Å²) >= 11 is 0. The fourth-order valence-electron chi connectivity index (χ4n) is 2.58. The lowest BCUT2D eigenvalue weighted by atomic mass is 10.2. The van der Waals surface area contributed by atoms with E-state index < -0.39 is 10.0 Å². The number of sulfonamides is 1. The van der Waals surface area contributed by atoms with Gasteiger partial charge in [-0.15, -0.1) is 0 Å². The van der Waals surface area contributed by atoms with Gasteiger partial charge in [-0.3, -0.25) is 19.3 Å². The van der Waals surface area contributed by atoms with E-state index in [-0.39, 0.29) is 35.5 Å². The highest BCUT2D eigenvalue weighted by Gasteiger charge is 2.29. The molecule has 0 fully saturated rings. The van der Waals surface area contributed by atoms with Gasteiger partial charge in [-0.05, 0) is 36.4 Å². The van der Waals surface area contributed by atoms with Crippen LogP contribution in [0.15, 0.2) is 58.4 Å². The Morgan fingerprint density at radius 2 is 1.63 bits per heavy atom. The summed E-state index contributed by atoms with van der Waals surface area (Å²) in [5.41, 5.74) is 1.74. The van der Waals surface area contributed by atoms with Gasteiger partial charge in [-0.25, -0.2) is 8.42 Å². The van der Waals surface area contributed by atoms with Crippen molar-refractivity contribution in [3.8, 4) is 0 Å². The first-order valence-electron chi connectivity index (χ1n) is 8.19. The van der Waals surface area contributed by atoms with Gasteiger partial charge >= 0.3 is 0 Å². The molecule has 2 aromatic rings. The van der Waals surface area contributed by atoms with Gasteiger partial charge in [0.2, 0.25) is 11.8 Å². The van der Waals surface area contributed by atoms with Crippen LogP contribution in [0, 0.1) is 0 Å². The van der Waals surface area contributed by atoms with Crippen molar-refractivity contribution in [2.45, 2.75) is 18.2 Å². The molecule has 0 aliphatic carbocycles. The number of amidine groups is 1. The molecule has 2 amide bonds. The second-order valence-corrected chi connectivity index (χ2v) is 7.54. The van der Waals surface area contributed by atoms with Crippen LogP contribution in [0.4, 0.5) is 11.4 Å². The fourth-order valence-corrected chi connectivity index (χ4v) is 3.84. The van der Waals surface area contributed by atoms with E-state index in [4.69, 9.17) is 0 Å². The minimum atomic E-state index is -3.58. The van der Waals surface area contributed by atoms with Crippen molar-refractivity contribution in [1.82, 2.24) is 4.72 Å². The third kappa shape index (κ3) is 4.50. The van der Waals surface area contributed by atoms with Crippen molar-refractivity contribution in [3.05, 3.63) is 54.1 Å². The lowest BCUT2D eigenvalue weighted by molar-refractivity contribution is -0.116. The quantitative estimate of drug-likeness (QED) is 0.725. The molecule has 3 N–H and O–H groups in total. The molecule has 140 valence electrons. The van der Waals surface area contributed by atoms with Gasteiger partial charge in [0.25, 0.3) is 10.0 Å². The Morgan fingerprint density at radius 3 is 2.30 bits per heavy atom. The largest absolute Gasteiger partial charge is 0.326 e. The van der Waals surface area contributed by atoms with Crippen LogP contribution in [0.25, 0.3) is 0 Å². The maximum atomic E-state index is 12.0. The lowest BCUT2D eigenvalue weighted by Crippen LogP contribution is -2.23. The van der Waals surface area contributed by atoms with Crippen LogP contribution in [0.2, 0.25) is 0 Å². The monoisotopic (exact) mass is 386 g/mol. The first-order valence-corrected chi connectivity index (χ1v) is 9.68. The molecule has 0 bridgehead atoms. The first kappa shape index (κ1) is 18.6. The number of hydrogen-bond donors (Lipinski definition) is 3. The van der Waals surface area contributed by atoms with E-state index in [1.807, 2.05) is 0 Å². The van der Waals surface area contributed by atoms with Gasteiger partial charge in [0.05, 0.1) is 11.4 Å². The molecule has 0 atom stereocenters. The molecule has 2 aromatic carbocycles. The summed E-state index contributed by atoms with van der Waals surface area (Å²) in [4.78, 5) is 27.4. The van der Waals surface area contributed by atoms with E-state index >= 15 is 0 Å². The summed E-state index contributed by atoms with van der Waals surface area (Å²) in [5.74, 6) is -0.172. The van der Waals surface area contributed by atoms with Crippen molar-refractivity contribution < 1.29 is 18.0 Å². The van der Waals surface area contributed by atoms with Gasteiger partial charge in [0.1, 0.15) is 5.84 Å². The Bertz CT molecular complexity index is 1010. The van der Waals surface area contributed by atoms with Gasteiger partial charge in [-0.2, -0.15) is 0 Å². The molecule has 0 spiro atoms. The number of amides is 2. The van der Waals surface area contributed by atoms with E-state index in [0.717, 1.165) is 0 Å². The molecular weight excluding hydrogens is 368 g/mol. The van der Waals surface area contributed by atoms with Crippen LogP contribution < -0.4 is 15.4 Å². The summed E-state index contributed by atoms with van der Waals surface area (Å²) in [6.45, 7) is 1.56. The molecular formula is C18H18N4O4S. The number of anilines is 2. The van der Waals surface area contributed by atoms with E-state index in [1.165, 1.54) is 13.0 Å². The van der Waals surface area contributed by atoms with Gasteiger partial charge in [-0.1, -0.05) is 12.1 Å². The van der Waals surface area contributed by atoms with E-state index in [9.17, 15) is 18.0 Å². The SMILES string of the molecule is CC(=O)Nc1ccc(NC(=O)CCN=C2NS(=O)(=O)c3ccccc32)cc1. The number of nitrogens with one attached hydrogen (secondary N) is 3. The second-order valence-electron chi connectivity index (χ2n) is 5.89. The van der Waals surface area contributed by atoms with Gasteiger partial charge in [0, 0.05) is 30.3 Å².